The molecule has 1 aliphatic carbocycles. The molecule has 0 aliphatic heterocycles. The lowest BCUT2D eigenvalue weighted by Gasteiger charge is -2.34. The lowest BCUT2D eigenvalue weighted by atomic mass is 9.67. The van der Waals surface area contributed by atoms with Crippen LogP contribution in [0.4, 0.5) is 0 Å². The fraction of sp³-hybridized carbons (Fsp3) is 0.0137. The molecule has 2 nitrogen and oxygen atoms in total. The Kier molecular flexibility index (Phi) is 10.2. The van der Waals surface area contributed by atoms with Gasteiger partial charge >= 0.3 is 0 Å². The summed E-state index contributed by atoms with van der Waals surface area (Å²) < 4.78 is 5.01. The largest absolute Gasteiger partial charge is 0.307 e. The van der Waals surface area contributed by atoms with Gasteiger partial charge in [0.2, 0.25) is 0 Å². The highest BCUT2D eigenvalue weighted by Gasteiger charge is 2.46. The summed E-state index contributed by atoms with van der Waals surface area (Å²) in [6, 6.07) is 113. The molecular formula is C73H50N2Si. The second-order valence-electron chi connectivity index (χ2n) is 20.3. The van der Waals surface area contributed by atoms with Crippen molar-refractivity contribution in [2.75, 3.05) is 0 Å². The van der Waals surface area contributed by atoms with Crippen LogP contribution in [0, 0.1) is 0 Å². The summed E-state index contributed by atoms with van der Waals surface area (Å²) >= 11 is 0. The third kappa shape index (κ3) is 6.40. The predicted octanol–water partition coefficient (Wildman–Crippen LogP) is 15.3. The lowest BCUT2D eigenvalue weighted by molar-refractivity contribution is 0.769. The topological polar surface area (TPSA) is 9.86 Å². The number of benzene rings is 12. The number of para-hydroxylation sites is 3. The Morgan fingerprint density at radius 1 is 0.276 bits per heavy atom. The van der Waals surface area contributed by atoms with Crippen molar-refractivity contribution in [2.24, 2.45) is 0 Å². The van der Waals surface area contributed by atoms with Crippen LogP contribution in [0.1, 0.15) is 22.3 Å². The smallest absolute Gasteiger partial charge is 0.179 e. The van der Waals surface area contributed by atoms with Gasteiger partial charge in [-0.25, -0.2) is 0 Å². The minimum atomic E-state index is -2.73. The summed E-state index contributed by atoms with van der Waals surface area (Å²) in [5.74, 6) is 0. The third-order valence-electron chi connectivity index (χ3n) is 16.6. The number of nitrogens with zero attached hydrogens (tertiary/aromatic N) is 2. The average Bonchev–Trinajstić information content (AvgIpc) is 4.17. The molecule has 12 aromatic carbocycles. The van der Waals surface area contributed by atoms with Crippen LogP contribution in [0.3, 0.4) is 0 Å². The van der Waals surface area contributed by atoms with Crippen LogP contribution >= 0.6 is 0 Å². The van der Waals surface area contributed by atoms with Crippen LogP contribution in [-0.2, 0) is 5.41 Å². The highest BCUT2D eigenvalue weighted by Crippen LogP contribution is 2.57. The van der Waals surface area contributed by atoms with Gasteiger partial charge in [-0.1, -0.05) is 255 Å². The summed E-state index contributed by atoms with van der Waals surface area (Å²) in [4.78, 5) is 0. The van der Waals surface area contributed by atoms with Crippen molar-refractivity contribution in [1.29, 1.82) is 0 Å². The van der Waals surface area contributed by atoms with Crippen LogP contribution in [0.15, 0.2) is 303 Å². The normalized spacial score (nSPS) is 12.8. The van der Waals surface area contributed by atoms with Crippen molar-refractivity contribution in [3.63, 3.8) is 0 Å². The van der Waals surface area contributed by atoms with Gasteiger partial charge in [0.1, 0.15) is 0 Å². The maximum absolute atomic E-state index is 2.73. The van der Waals surface area contributed by atoms with Crippen LogP contribution in [0.5, 0.6) is 0 Å². The van der Waals surface area contributed by atoms with E-state index in [0.717, 1.165) is 11.4 Å². The molecule has 0 saturated heterocycles. The molecule has 0 amide bonds. The standard InChI is InChI=1S/C73H50N2Si/c1-6-23-53(24-7-1)73(54-25-8-2-9-26-54)66-37-19-16-33-60(66)61-47-41-52(50-67(61)73)51-42-48-70-65(49-51)63-35-18-21-39-69(63)75(70)71-40-22-36-64-62-34-17-20-38-68(62)74(72(64)71)55-43-45-59(46-44-55)76(56-27-10-3-11-28-56,57-29-12-4-13-30-57)58-31-14-5-15-32-58/h1-50H. The molecule has 0 unspecified atom stereocenters. The number of fused-ring (bicyclic) bond motifs is 9. The van der Waals surface area contributed by atoms with E-state index >= 15 is 0 Å². The molecule has 2 aromatic heterocycles. The van der Waals surface area contributed by atoms with Crippen molar-refractivity contribution in [3.05, 3.63) is 326 Å². The highest BCUT2D eigenvalue weighted by atomic mass is 28.3. The van der Waals surface area contributed by atoms with Crippen molar-refractivity contribution in [1.82, 2.24) is 9.13 Å². The summed E-state index contributed by atoms with van der Waals surface area (Å²) in [7, 11) is -2.73. The number of hydrogen-bond acceptors (Lipinski definition) is 0. The first-order chi connectivity index (χ1) is 37.7. The van der Waals surface area contributed by atoms with Crippen LogP contribution in [0.2, 0.25) is 0 Å². The fourth-order valence-corrected chi connectivity index (χ4v) is 18.2. The quantitative estimate of drug-likeness (QED) is 0.101. The van der Waals surface area contributed by atoms with E-state index < -0.39 is 13.5 Å². The zero-order valence-corrected chi connectivity index (χ0v) is 42.8. The second-order valence-corrected chi connectivity index (χ2v) is 24.1. The summed E-state index contributed by atoms with van der Waals surface area (Å²) in [5.41, 5.74) is 16.6. The summed E-state index contributed by atoms with van der Waals surface area (Å²) in [5, 5.41) is 10.3. The molecule has 0 spiro atoms. The molecule has 0 bridgehead atoms. The predicted molar refractivity (Wildman–Crippen MR) is 321 cm³/mol. The van der Waals surface area contributed by atoms with Gasteiger partial charge in [0.05, 0.1) is 33.2 Å². The lowest BCUT2D eigenvalue weighted by Crippen LogP contribution is -2.74. The van der Waals surface area contributed by atoms with Gasteiger partial charge in [0.15, 0.2) is 8.07 Å². The van der Waals surface area contributed by atoms with Crippen LogP contribution < -0.4 is 20.7 Å². The van der Waals surface area contributed by atoms with Crippen molar-refractivity contribution >= 4 is 72.4 Å². The zero-order valence-electron chi connectivity index (χ0n) is 41.8. The molecule has 0 N–H and O–H groups in total. The Morgan fingerprint density at radius 3 is 1.34 bits per heavy atom. The molecule has 0 radical (unpaired) electrons. The maximum Gasteiger partial charge on any atom is 0.179 e. The molecule has 14 aromatic rings. The Balaban J connectivity index is 0.918. The van der Waals surface area contributed by atoms with E-state index in [9.17, 15) is 0 Å². The molecule has 0 fully saturated rings. The Labute approximate surface area is 443 Å². The second kappa shape index (κ2) is 17.6. The molecule has 76 heavy (non-hydrogen) atoms. The molecule has 1 aliphatic rings. The average molecular weight is 983 g/mol. The molecule has 0 saturated carbocycles. The van der Waals surface area contributed by atoms with Gasteiger partial charge in [-0.05, 0) is 114 Å². The van der Waals surface area contributed by atoms with Gasteiger partial charge in [-0.3, -0.25) is 0 Å². The SMILES string of the molecule is c1ccc(C2(c3ccccc3)c3ccccc3-c3ccc(-c4ccc5c(c4)c4ccccc4n5-c4cccc5c6ccccc6n(-c6ccc([Si](c7ccccc7)(c7ccccc7)c7ccccc7)cc6)c45)cc32)cc1. The van der Waals surface area contributed by atoms with Crippen molar-refractivity contribution in [3.8, 4) is 33.6 Å². The highest BCUT2D eigenvalue weighted by molar-refractivity contribution is 7.19. The van der Waals surface area contributed by atoms with E-state index in [1.807, 2.05) is 0 Å². The molecule has 15 rings (SSSR count). The minimum absolute atomic E-state index is 0.473. The van der Waals surface area contributed by atoms with E-state index in [-0.39, 0.29) is 0 Å². The summed E-state index contributed by atoms with van der Waals surface area (Å²) in [6.07, 6.45) is 0. The maximum atomic E-state index is 2.51. The molecule has 356 valence electrons. The molecular weight excluding hydrogens is 933 g/mol. The van der Waals surface area contributed by atoms with E-state index in [1.165, 1.54) is 109 Å². The molecule has 2 heterocycles. The van der Waals surface area contributed by atoms with Gasteiger partial charge in [0.25, 0.3) is 0 Å². The first-order valence-corrected chi connectivity index (χ1v) is 28.4. The van der Waals surface area contributed by atoms with Crippen LogP contribution in [-0.4, -0.2) is 17.2 Å². The van der Waals surface area contributed by atoms with Crippen LogP contribution in [0.25, 0.3) is 77.2 Å². The first kappa shape index (κ1) is 44.0. The zero-order chi connectivity index (χ0) is 50.2. The van der Waals surface area contributed by atoms with E-state index in [0.29, 0.717) is 0 Å². The minimum Gasteiger partial charge on any atom is -0.307 e. The number of rotatable bonds is 9. The Hall–Kier alpha value is -9.54. The third-order valence-corrected chi connectivity index (χ3v) is 21.4. The Bertz CT molecular complexity index is 4350. The van der Waals surface area contributed by atoms with Gasteiger partial charge in [-0.15, -0.1) is 0 Å². The van der Waals surface area contributed by atoms with Gasteiger partial charge in [0, 0.05) is 27.2 Å². The molecule has 0 atom stereocenters. The fourth-order valence-electron chi connectivity index (χ4n) is 13.4. The van der Waals surface area contributed by atoms with E-state index in [2.05, 4.69) is 312 Å². The van der Waals surface area contributed by atoms with Crippen molar-refractivity contribution < 1.29 is 0 Å². The van der Waals surface area contributed by atoms with Gasteiger partial charge < -0.3 is 9.13 Å². The number of hydrogen-bond donors (Lipinski definition) is 0. The number of aromatic nitrogens is 2. The monoisotopic (exact) mass is 982 g/mol. The van der Waals surface area contributed by atoms with E-state index in [1.54, 1.807) is 0 Å². The summed E-state index contributed by atoms with van der Waals surface area (Å²) in [6.45, 7) is 0. The van der Waals surface area contributed by atoms with Gasteiger partial charge in [-0.2, -0.15) is 0 Å². The molecule has 3 heteroatoms. The van der Waals surface area contributed by atoms with E-state index in [4.69, 9.17) is 0 Å². The Morgan fingerprint density at radius 2 is 0.724 bits per heavy atom. The van der Waals surface area contributed by atoms with Crippen molar-refractivity contribution in [2.45, 2.75) is 5.41 Å². The first-order valence-electron chi connectivity index (χ1n) is 26.4.